The van der Waals surface area contributed by atoms with E-state index in [1.807, 2.05) is 29.2 Å². The Morgan fingerprint density at radius 3 is 2.16 bits per heavy atom. The number of benzene rings is 2. The maximum absolute atomic E-state index is 12.7. The van der Waals surface area contributed by atoms with Crippen LogP contribution in [0.1, 0.15) is 11.1 Å². The van der Waals surface area contributed by atoms with Gasteiger partial charge in [-0.3, -0.25) is 9.79 Å². The molecule has 0 saturated carbocycles. The zero-order valence-electron chi connectivity index (χ0n) is 14.4. The summed E-state index contributed by atoms with van der Waals surface area (Å²) in [5.41, 5.74) is 4.78. The largest absolute Gasteiger partial charge is 0.347 e. The predicted molar refractivity (Wildman–Crippen MR) is 101 cm³/mol. The third-order valence-electron chi connectivity index (χ3n) is 4.94. The molecule has 2 aromatic rings. The molecule has 4 rings (SSSR count). The Hall–Kier alpha value is -2.82. The molecule has 5 nitrogen and oxygen atoms in total. The van der Waals surface area contributed by atoms with Crippen molar-refractivity contribution in [2.75, 3.05) is 36.5 Å². The summed E-state index contributed by atoms with van der Waals surface area (Å²) in [5, 5.41) is 3.24. The number of nitrogens with one attached hydrogen (secondary N) is 1. The molecule has 0 atom stereocenters. The average Bonchev–Trinajstić information content (AvgIpc) is 3.27. The van der Waals surface area contributed by atoms with Gasteiger partial charge in [-0.1, -0.05) is 36.4 Å². The fourth-order valence-electron chi connectivity index (χ4n) is 3.70. The van der Waals surface area contributed by atoms with Crippen LogP contribution in [0.15, 0.2) is 53.5 Å². The molecule has 1 N–H and O–H groups in total. The van der Waals surface area contributed by atoms with Crippen LogP contribution in [0.4, 0.5) is 11.4 Å². The molecule has 0 radical (unpaired) electrons. The Kier molecular flexibility index (Phi) is 4.14. The first kappa shape index (κ1) is 15.7. The molecule has 0 saturated heterocycles. The van der Waals surface area contributed by atoms with Gasteiger partial charge in [0.15, 0.2) is 5.96 Å². The number of guanidine groups is 1. The highest BCUT2D eigenvalue weighted by molar-refractivity contribution is 6.02. The molecule has 1 amide bonds. The van der Waals surface area contributed by atoms with Crippen LogP contribution >= 0.6 is 0 Å². The second-order valence-corrected chi connectivity index (χ2v) is 6.36. The van der Waals surface area contributed by atoms with Crippen molar-refractivity contribution in [3.05, 3.63) is 59.7 Å². The van der Waals surface area contributed by atoms with Crippen molar-refractivity contribution in [2.45, 2.75) is 12.8 Å². The van der Waals surface area contributed by atoms with Gasteiger partial charge in [0.05, 0.1) is 6.54 Å². The second kappa shape index (κ2) is 6.59. The number of para-hydroxylation sites is 2. The van der Waals surface area contributed by atoms with Crippen LogP contribution in [0, 0.1) is 0 Å². The molecule has 128 valence electrons. The normalized spacial score (nSPS) is 16.0. The topological polar surface area (TPSA) is 47.9 Å². The molecule has 0 spiro atoms. The Bertz CT molecular complexity index is 830. The number of hydrogen-bond acceptors (Lipinski definition) is 2. The first-order chi connectivity index (χ1) is 12.3. The predicted octanol–water partition coefficient (Wildman–Crippen LogP) is 2.21. The van der Waals surface area contributed by atoms with Crippen LogP contribution in [-0.2, 0) is 17.6 Å². The number of carbonyl (C=O) groups excluding carboxylic acids is 1. The number of rotatable bonds is 2. The lowest BCUT2D eigenvalue weighted by Gasteiger charge is -2.23. The molecule has 25 heavy (non-hydrogen) atoms. The lowest BCUT2D eigenvalue weighted by Crippen LogP contribution is -2.46. The number of nitrogens with zero attached hydrogens (tertiary/aromatic N) is 3. The van der Waals surface area contributed by atoms with E-state index < -0.39 is 0 Å². The second-order valence-electron chi connectivity index (χ2n) is 6.36. The Morgan fingerprint density at radius 2 is 1.52 bits per heavy atom. The molecule has 0 unspecified atom stereocenters. The zero-order valence-corrected chi connectivity index (χ0v) is 14.4. The monoisotopic (exact) mass is 334 g/mol. The minimum absolute atomic E-state index is 0.0820. The number of carbonyl (C=O) groups is 1. The molecule has 2 aromatic carbocycles. The Morgan fingerprint density at radius 1 is 0.960 bits per heavy atom. The summed E-state index contributed by atoms with van der Waals surface area (Å²) in [7, 11) is 1.76. The van der Waals surface area contributed by atoms with E-state index in [-0.39, 0.29) is 12.5 Å². The summed E-state index contributed by atoms with van der Waals surface area (Å²) >= 11 is 0. The standard InChI is InChI=1S/C20H22N4O/c1-21-20(24-13-11-16-7-3-5-9-18(16)24)22-14-19(25)23-12-10-15-6-2-4-8-17(15)23/h2-9H,10-14H2,1H3,(H,21,22). The van der Waals surface area contributed by atoms with Crippen LogP contribution in [0.25, 0.3) is 0 Å². The summed E-state index contributed by atoms with van der Waals surface area (Å²) in [5.74, 6) is 0.837. The van der Waals surface area contributed by atoms with Gasteiger partial charge in [-0.2, -0.15) is 0 Å². The average molecular weight is 334 g/mol. The maximum Gasteiger partial charge on any atom is 0.246 e. The molecular weight excluding hydrogens is 312 g/mol. The van der Waals surface area contributed by atoms with Crippen LogP contribution in [0.5, 0.6) is 0 Å². The van der Waals surface area contributed by atoms with E-state index in [9.17, 15) is 4.79 Å². The molecule has 2 aliphatic heterocycles. The van der Waals surface area contributed by atoms with Gasteiger partial charge < -0.3 is 15.1 Å². The third-order valence-corrected chi connectivity index (χ3v) is 4.94. The maximum atomic E-state index is 12.7. The van der Waals surface area contributed by atoms with E-state index in [1.54, 1.807) is 7.05 Å². The van der Waals surface area contributed by atoms with Gasteiger partial charge in [-0.25, -0.2) is 0 Å². The van der Waals surface area contributed by atoms with E-state index in [0.29, 0.717) is 0 Å². The molecule has 0 aromatic heterocycles. The fraction of sp³-hybridized carbons (Fsp3) is 0.300. The minimum atomic E-state index is 0.0820. The van der Waals surface area contributed by atoms with Crippen molar-refractivity contribution in [1.29, 1.82) is 0 Å². The number of hydrogen-bond donors (Lipinski definition) is 1. The highest BCUT2D eigenvalue weighted by atomic mass is 16.2. The quantitative estimate of drug-likeness (QED) is 0.677. The smallest absolute Gasteiger partial charge is 0.246 e. The van der Waals surface area contributed by atoms with Crippen LogP contribution in [0.3, 0.4) is 0 Å². The molecule has 0 bridgehead atoms. The minimum Gasteiger partial charge on any atom is -0.347 e. The van der Waals surface area contributed by atoms with Gasteiger partial charge in [0, 0.05) is 31.5 Å². The van der Waals surface area contributed by atoms with Gasteiger partial charge in [0.2, 0.25) is 5.91 Å². The van der Waals surface area contributed by atoms with Crippen molar-refractivity contribution in [2.24, 2.45) is 4.99 Å². The highest BCUT2D eigenvalue weighted by Gasteiger charge is 2.26. The molecule has 2 heterocycles. The zero-order chi connectivity index (χ0) is 17.2. The third kappa shape index (κ3) is 2.86. The lowest BCUT2D eigenvalue weighted by atomic mass is 10.2. The molecule has 0 fully saturated rings. The molecule has 5 heteroatoms. The summed E-state index contributed by atoms with van der Waals surface area (Å²) in [4.78, 5) is 21.1. The van der Waals surface area contributed by atoms with E-state index in [4.69, 9.17) is 0 Å². The van der Waals surface area contributed by atoms with Crippen molar-refractivity contribution >= 4 is 23.2 Å². The Labute approximate surface area is 148 Å². The first-order valence-electron chi connectivity index (χ1n) is 8.72. The summed E-state index contributed by atoms with van der Waals surface area (Å²) in [6.07, 6.45) is 1.93. The summed E-state index contributed by atoms with van der Waals surface area (Å²) in [6, 6.07) is 16.5. The van der Waals surface area contributed by atoms with Crippen LogP contribution in [0.2, 0.25) is 0 Å². The van der Waals surface area contributed by atoms with Crippen molar-refractivity contribution in [3.8, 4) is 0 Å². The van der Waals surface area contributed by atoms with Crippen LogP contribution < -0.4 is 15.1 Å². The van der Waals surface area contributed by atoms with Crippen molar-refractivity contribution < 1.29 is 4.79 Å². The van der Waals surface area contributed by atoms with Crippen LogP contribution in [-0.4, -0.2) is 38.5 Å². The van der Waals surface area contributed by atoms with Gasteiger partial charge in [-0.05, 0) is 36.1 Å². The summed E-state index contributed by atoms with van der Waals surface area (Å²) in [6.45, 7) is 1.89. The first-order valence-corrected chi connectivity index (χ1v) is 8.72. The number of aliphatic imine (C=N–C) groups is 1. The Balaban J connectivity index is 1.44. The number of amides is 1. The molecule has 0 aliphatic carbocycles. The van der Waals surface area contributed by atoms with Gasteiger partial charge >= 0.3 is 0 Å². The number of anilines is 2. The molecular formula is C20H22N4O. The van der Waals surface area contributed by atoms with E-state index in [2.05, 4.69) is 39.5 Å². The van der Waals surface area contributed by atoms with Gasteiger partial charge in [0.25, 0.3) is 0 Å². The van der Waals surface area contributed by atoms with Gasteiger partial charge in [-0.15, -0.1) is 0 Å². The summed E-state index contributed by atoms with van der Waals surface area (Å²) < 4.78 is 0. The molecule has 2 aliphatic rings. The van der Waals surface area contributed by atoms with Crippen molar-refractivity contribution in [3.63, 3.8) is 0 Å². The van der Waals surface area contributed by atoms with E-state index >= 15 is 0 Å². The van der Waals surface area contributed by atoms with Gasteiger partial charge in [0.1, 0.15) is 0 Å². The SMILES string of the molecule is CN=C(NCC(=O)N1CCc2ccccc21)N1CCc2ccccc21. The van der Waals surface area contributed by atoms with E-state index in [1.165, 1.54) is 16.8 Å². The van der Waals surface area contributed by atoms with E-state index in [0.717, 1.165) is 37.6 Å². The lowest BCUT2D eigenvalue weighted by molar-refractivity contribution is -0.117. The van der Waals surface area contributed by atoms with Crippen molar-refractivity contribution in [1.82, 2.24) is 5.32 Å². The number of fused-ring (bicyclic) bond motifs is 2. The fourth-order valence-corrected chi connectivity index (χ4v) is 3.70. The highest BCUT2D eigenvalue weighted by Crippen LogP contribution is 2.28.